The van der Waals surface area contributed by atoms with Gasteiger partial charge in [-0.15, -0.1) is 0 Å². The van der Waals surface area contributed by atoms with Crippen molar-refractivity contribution in [2.75, 3.05) is 37.3 Å². The molecule has 1 heterocycles. The van der Waals surface area contributed by atoms with E-state index in [2.05, 4.69) is 15.5 Å². The third kappa shape index (κ3) is 7.07. The molecule has 1 fully saturated rings. The van der Waals surface area contributed by atoms with Gasteiger partial charge in [-0.25, -0.2) is 4.79 Å². The number of urea groups is 1. The van der Waals surface area contributed by atoms with Crippen LogP contribution >= 0.6 is 11.6 Å². The number of carbonyl (C=O) groups excluding carboxylic acids is 2. The molecule has 3 aromatic carbocycles. The molecular formula is C28H31ClN4O3. The van der Waals surface area contributed by atoms with Crippen molar-refractivity contribution in [2.45, 2.75) is 25.0 Å². The van der Waals surface area contributed by atoms with Crippen molar-refractivity contribution in [2.24, 2.45) is 0 Å². The quantitative estimate of drug-likeness (QED) is 0.410. The number of β-amino-alcohol motifs (C(OH)–C–C–N with tert-alkyl or cyclic N) is 1. The number of hydrogen-bond donors (Lipinski definition) is 3. The zero-order valence-electron chi connectivity index (χ0n) is 20.2. The van der Waals surface area contributed by atoms with Gasteiger partial charge in [-0.2, -0.15) is 0 Å². The van der Waals surface area contributed by atoms with Crippen LogP contribution in [0.5, 0.6) is 0 Å². The predicted molar refractivity (Wildman–Crippen MR) is 143 cm³/mol. The van der Waals surface area contributed by atoms with E-state index in [4.69, 9.17) is 11.6 Å². The highest BCUT2D eigenvalue weighted by molar-refractivity contribution is 6.30. The molecule has 2 atom stereocenters. The number of nitrogens with one attached hydrogen (secondary N) is 2. The summed E-state index contributed by atoms with van der Waals surface area (Å²) in [5.74, 6) is -0.0219. The highest BCUT2D eigenvalue weighted by Gasteiger charge is 2.28. The van der Waals surface area contributed by atoms with Crippen LogP contribution in [0.3, 0.4) is 0 Å². The van der Waals surface area contributed by atoms with E-state index in [0.717, 1.165) is 24.1 Å². The number of nitrogens with zero attached hydrogens (tertiary/aromatic N) is 2. The Hall–Kier alpha value is -3.39. The van der Waals surface area contributed by atoms with E-state index in [1.54, 1.807) is 35.2 Å². The molecule has 1 aliphatic heterocycles. The van der Waals surface area contributed by atoms with Crippen LogP contribution in [0.15, 0.2) is 78.9 Å². The summed E-state index contributed by atoms with van der Waals surface area (Å²) in [7, 11) is 1.83. The first-order chi connectivity index (χ1) is 17.4. The van der Waals surface area contributed by atoms with Crippen molar-refractivity contribution >= 4 is 34.9 Å². The standard InChI is InChI=1S/C28H31ClN4O3/c1-32(26(21-7-3-2-4-8-21)19-33-15-14-25(34)18-33)27(35)17-20-6-5-9-24(16-20)31-28(36)30-23-12-10-22(29)11-13-23/h2-13,16,25-26,34H,14-15,17-19H2,1H3,(H2,30,31,36)/t25-,26+/m0/s1. The number of rotatable bonds is 8. The van der Waals surface area contributed by atoms with Crippen LogP contribution in [0.1, 0.15) is 23.6 Å². The van der Waals surface area contributed by atoms with Crippen LogP contribution < -0.4 is 10.6 Å². The molecule has 1 saturated heterocycles. The molecule has 0 saturated carbocycles. The first kappa shape index (κ1) is 25.7. The van der Waals surface area contributed by atoms with E-state index in [-0.39, 0.29) is 30.5 Å². The number of carbonyl (C=O) groups is 2. The van der Waals surface area contributed by atoms with Gasteiger partial charge in [-0.05, 0) is 53.9 Å². The molecule has 188 valence electrons. The molecule has 3 amide bonds. The van der Waals surface area contributed by atoms with E-state index in [9.17, 15) is 14.7 Å². The lowest BCUT2D eigenvalue weighted by atomic mass is 10.0. The summed E-state index contributed by atoms with van der Waals surface area (Å²) >= 11 is 5.89. The second-order valence-corrected chi connectivity index (χ2v) is 9.53. The van der Waals surface area contributed by atoms with Crippen LogP contribution in [0.25, 0.3) is 0 Å². The van der Waals surface area contributed by atoms with Crippen LogP contribution in [0.4, 0.5) is 16.2 Å². The number of halogens is 1. The van der Waals surface area contributed by atoms with Crippen molar-refractivity contribution in [3.63, 3.8) is 0 Å². The summed E-state index contributed by atoms with van der Waals surface area (Å²) in [6.07, 6.45) is 0.649. The minimum atomic E-state index is -0.380. The fourth-order valence-electron chi connectivity index (χ4n) is 4.41. The largest absolute Gasteiger partial charge is 0.392 e. The van der Waals surface area contributed by atoms with Gasteiger partial charge >= 0.3 is 6.03 Å². The smallest absolute Gasteiger partial charge is 0.323 e. The molecule has 4 rings (SSSR count). The zero-order valence-corrected chi connectivity index (χ0v) is 21.0. The number of amides is 3. The average Bonchev–Trinajstić information content (AvgIpc) is 3.29. The summed E-state index contributed by atoms with van der Waals surface area (Å²) in [5, 5.41) is 16.1. The van der Waals surface area contributed by atoms with Crippen molar-refractivity contribution in [3.05, 3.63) is 95.0 Å². The van der Waals surface area contributed by atoms with E-state index in [1.165, 1.54) is 0 Å². The Morgan fingerprint density at radius 1 is 1.03 bits per heavy atom. The number of anilines is 2. The fourth-order valence-corrected chi connectivity index (χ4v) is 4.53. The number of hydrogen-bond acceptors (Lipinski definition) is 4. The molecule has 0 spiro atoms. The monoisotopic (exact) mass is 506 g/mol. The molecule has 0 aromatic heterocycles. The van der Waals surface area contributed by atoms with E-state index in [0.29, 0.717) is 29.5 Å². The number of likely N-dealkylation sites (tertiary alicyclic amines) is 1. The molecule has 1 aliphatic rings. The summed E-state index contributed by atoms with van der Waals surface area (Å²) in [6, 6.07) is 23.6. The maximum atomic E-state index is 13.3. The lowest BCUT2D eigenvalue weighted by molar-refractivity contribution is -0.131. The van der Waals surface area contributed by atoms with Gasteiger partial charge in [0.25, 0.3) is 0 Å². The molecule has 3 aromatic rings. The first-order valence-electron chi connectivity index (χ1n) is 12.0. The Morgan fingerprint density at radius 3 is 2.44 bits per heavy atom. The Kier molecular flexibility index (Phi) is 8.59. The Morgan fingerprint density at radius 2 is 1.75 bits per heavy atom. The van der Waals surface area contributed by atoms with Gasteiger partial charge < -0.3 is 20.6 Å². The molecular weight excluding hydrogens is 476 g/mol. The third-order valence-corrected chi connectivity index (χ3v) is 6.62. The van der Waals surface area contributed by atoms with Gasteiger partial charge in [0, 0.05) is 43.1 Å². The van der Waals surface area contributed by atoms with E-state index < -0.39 is 0 Å². The third-order valence-electron chi connectivity index (χ3n) is 6.37. The maximum Gasteiger partial charge on any atom is 0.323 e. The molecule has 8 heteroatoms. The highest BCUT2D eigenvalue weighted by Crippen LogP contribution is 2.24. The van der Waals surface area contributed by atoms with Crippen molar-refractivity contribution < 1.29 is 14.7 Å². The molecule has 0 unspecified atom stereocenters. The molecule has 36 heavy (non-hydrogen) atoms. The molecule has 0 radical (unpaired) electrons. The topological polar surface area (TPSA) is 84.9 Å². The molecule has 3 N–H and O–H groups in total. The van der Waals surface area contributed by atoms with Crippen LogP contribution in [0, 0.1) is 0 Å². The summed E-state index contributed by atoms with van der Waals surface area (Å²) in [6.45, 7) is 2.10. The number of likely N-dealkylation sites (N-methyl/N-ethyl adjacent to an activating group) is 1. The summed E-state index contributed by atoms with van der Waals surface area (Å²) in [5.41, 5.74) is 3.09. The van der Waals surface area contributed by atoms with Crippen molar-refractivity contribution in [1.82, 2.24) is 9.80 Å². The lowest BCUT2D eigenvalue weighted by Gasteiger charge is -2.32. The van der Waals surface area contributed by atoms with Crippen molar-refractivity contribution in [1.29, 1.82) is 0 Å². The molecule has 0 aliphatic carbocycles. The second-order valence-electron chi connectivity index (χ2n) is 9.10. The number of benzene rings is 3. The van der Waals surface area contributed by atoms with Gasteiger partial charge in [0.15, 0.2) is 0 Å². The second kappa shape index (κ2) is 12.0. The fraction of sp³-hybridized carbons (Fsp3) is 0.286. The van der Waals surface area contributed by atoms with Crippen molar-refractivity contribution in [3.8, 4) is 0 Å². The highest BCUT2D eigenvalue weighted by atomic mass is 35.5. The Balaban J connectivity index is 1.40. The van der Waals surface area contributed by atoms with Gasteiger partial charge in [-0.3, -0.25) is 9.69 Å². The van der Waals surface area contributed by atoms with Crippen LogP contribution in [-0.2, 0) is 11.2 Å². The maximum absolute atomic E-state index is 13.3. The normalized spacial score (nSPS) is 16.4. The summed E-state index contributed by atoms with van der Waals surface area (Å²) in [4.78, 5) is 29.7. The van der Waals surface area contributed by atoms with Gasteiger partial charge in [0.05, 0.1) is 18.6 Å². The predicted octanol–water partition coefficient (Wildman–Crippen LogP) is 4.79. The minimum Gasteiger partial charge on any atom is -0.392 e. The SMILES string of the molecule is CN(C(=O)Cc1cccc(NC(=O)Nc2ccc(Cl)cc2)c1)[C@H](CN1CC[C@H](O)C1)c1ccccc1. The molecule has 7 nitrogen and oxygen atoms in total. The first-order valence-corrected chi connectivity index (χ1v) is 12.4. The Labute approximate surface area is 216 Å². The van der Waals surface area contributed by atoms with Crippen LogP contribution in [-0.4, -0.2) is 59.6 Å². The molecule has 0 bridgehead atoms. The lowest BCUT2D eigenvalue weighted by Crippen LogP contribution is -2.39. The van der Waals surface area contributed by atoms with Gasteiger partial charge in [0.2, 0.25) is 5.91 Å². The average molecular weight is 507 g/mol. The van der Waals surface area contributed by atoms with Gasteiger partial charge in [0.1, 0.15) is 0 Å². The van der Waals surface area contributed by atoms with Gasteiger partial charge in [-0.1, -0.05) is 54.1 Å². The summed E-state index contributed by atoms with van der Waals surface area (Å²) < 4.78 is 0. The van der Waals surface area contributed by atoms with E-state index >= 15 is 0 Å². The Bertz CT molecular complexity index is 1170. The zero-order chi connectivity index (χ0) is 25.5. The number of aliphatic hydroxyl groups is 1. The minimum absolute atomic E-state index is 0.0219. The number of aliphatic hydroxyl groups excluding tert-OH is 1. The van der Waals surface area contributed by atoms with E-state index in [1.807, 2.05) is 55.6 Å². The van der Waals surface area contributed by atoms with Crippen LogP contribution in [0.2, 0.25) is 5.02 Å².